The van der Waals surface area contributed by atoms with E-state index in [1.807, 2.05) is 26.0 Å². The zero-order chi connectivity index (χ0) is 13.7. The number of aryl methyl sites for hydroxylation is 1. The molecule has 1 fully saturated rings. The van der Waals surface area contributed by atoms with Crippen LogP contribution in [0.5, 0.6) is 0 Å². The Morgan fingerprint density at radius 1 is 1.37 bits per heavy atom. The first-order valence-corrected chi connectivity index (χ1v) is 6.74. The average Bonchev–Trinajstić information content (AvgIpc) is 3.21. The van der Waals surface area contributed by atoms with Crippen LogP contribution in [0.2, 0.25) is 0 Å². The van der Waals surface area contributed by atoms with E-state index >= 15 is 0 Å². The van der Waals surface area contributed by atoms with E-state index in [4.69, 9.17) is 4.74 Å². The second-order valence-electron chi connectivity index (χ2n) is 4.84. The van der Waals surface area contributed by atoms with Crippen molar-refractivity contribution in [2.75, 3.05) is 13.2 Å². The maximum atomic E-state index is 12.0. The third-order valence-corrected chi connectivity index (χ3v) is 3.01. The van der Waals surface area contributed by atoms with Gasteiger partial charge in [-0.05, 0) is 44.7 Å². The number of carbonyl (C=O) groups excluding carboxylic acids is 1. The van der Waals surface area contributed by atoms with Gasteiger partial charge < -0.3 is 4.74 Å². The van der Waals surface area contributed by atoms with Crippen LogP contribution in [0.3, 0.4) is 0 Å². The number of amides is 1. The Morgan fingerprint density at radius 3 is 2.63 bits per heavy atom. The summed E-state index contributed by atoms with van der Waals surface area (Å²) in [6.45, 7) is 5.11. The lowest BCUT2D eigenvalue weighted by Crippen LogP contribution is -2.32. The number of hydrogen-bond donors (Lipinski definition) is 1. The zero-order valence-electron chi connectivity index (χ0n) is 11.5. The van der Waals surface area contributed by atoms with Crippen LogP contribution in [0.25, 0.3) is 0 Å². The summed E-state index contributed by atoms with van der Waals surface area (Å²) in [5.41, 5.74) is 1.74. The van der Waals surface area contributed by atoms with Crippen LogP contribution in [0.1, 0.15) is 35.7 Å². The van der Waals surface area contributed by atoms with Crippen LogP contribution >= 0.6 is 0 Å². The number of carbonyl (C=O) groups is 1. The Hall–Kier alpha value is -1.84. The van der Waals surface area contributed by atoms with E-state index in [2.05, 4.69) is 10.3 Å². The van der Waals surface area contributed by atoms with Crippen molar-refractivity contribution in [2.24, 2.45) is 10.9 Å². The molecule has 2 rings (SSSR count). The molecule has 1 aliphatic carbocycles. The van der Waals surface area contributed by atoms with Gasteiger partial charge >= 0.3 is 0 Å². The van der Waals surface area contributed by atoms with Crippen LogP contribution in [0, 0.1) is 12.8 Å². The summed E-state index contributed by atoms with van der Waals surface area (Å²) in [4.78, 5) is 16.4. The number of nitrogens with one attached hydrogen (secondary N) is 1. The van der Waals surface area contributed by atoms with Crippen LogP contribution in [0.4, 0.5) is 0 Å². The van der Waals surface area contributed by atoms with Crippen molar-refractivity contribution in [1.29, 1.82) is 0 Å². The van der Waals surface area contributed by atoms with E-state index in [0.717, 1.165) is 12.1 Å². The molecule has 0 spiro atoms. The lowest BCUT2D eigenvalue weighted by atomic mass is 10.1. The number of amidine groups is 1. The highest BCUT2D eigenvalue weighted by molar-refractivity contribution is 6.04. The molecule has 0 aliphatic heterocycles. The van der Waals surface area contributed by atoms with Crippen molar-refractivity contribution < 1.29 is 9.53 Å². The van der Waals surface area contributed by atoms with Crippen LogP contribution in [0.15, 0.2) is 29.3 Å². The average molecular weight is 260 g/mol. The van der Waals surface area contributed by atoms with Crippen molar-refractivity contribution in [3.63, 3.8) is 0 Å². The molecule has 102 valence electrons. The first-order valence-electron chi connectivity index (χ1n) is 6.74. The fourth-order valence-corrected chi connectivity index (χ4v) is 1.64. The highest BCUT2D eigenvalue weighted by Gasteiger charge is 2.21. The van der Waals surface area contributed by atoms with Crippen LogP contribution in [-0.2, 0) is 4.74 Å². The summed E-state index contributed by atoms with van der Waals surface area (Å²) in [6, 6.07) is 7.76. The molecule has 4 nitrogen and oxygen atoms in total. The Kier molecular flexibility index (Phi) is 4.55. The molecular weight excluding hydrogens is 240 g/mol. The largest absolute Gasteiger partial charge is 0.465 e. The normalized spacial score (nSPS) is 15.2. The summed E-state index contributed by atoms with van der Waals surface area (Å²) >= 11 is 0. The van der Waals surface area contributed by atoms with Crippen LogP contribution in [-0.4, -0.2) is 25.1 Å². The van der Waals surface area contributed by atoms with Gasteiger partial charge in [-0.2, -0.15) is 0 Å². The van der Waals surface area contributed by atoms with Gasteiger partial charge in [0.15, 0.2) is 0 Å². The minimum atomic E-state index is -0.178. The van der Waals surface area contributed by atoms with Gasteiger partial charge in [-0.1, -0.05) is 17.7 Å². The highest BCUT2D eigenvalue weighted by atomic mass is 16.5. The molecule has 1 aromatic rings. The number of rotatable bonds is 4. The Labute approximate surface area is 113 Å². The molecule has 0 heterocycles. The maximum Gasteiger partial charge on any atom is 0.291 e. The van der Waals surface area contributed by atoms with E-state index in [1.54, 1.807) is 12.1 Å². The molecule has 0 aromatic heterocycles. The Bertz CT molecular complexity index is 462. The fourth-order valence-electron chi connectivity index (χ4n) is 1.64. The van der Waals surface area contributed by atoms with Crippen molar-refractivity contribution in [3.8, 4) is 0 Å². The third-order valence-electron chi connectivity index (χ3n) is 3.01. The van der Waals surface area contributed by atoms with Gasteiger partial charge in [-0.15, -0.1) is 0 Å². The molecule has 0 atom stereocenters. The maximum absolute atomic E-state index is 12.0. The quantitative estimate of drug-likeness (QED) is 0.668. The lowest BCUT2D eigenvalue weighted by Gasteiger charge is -2.09. The van der Waals surface area contributed by atoms with Crippen molar-refractivity contribution in [2.45, 2.75) is 26.7 Å². The van der Waals surface area contributed by atoms with Crippen molar-refractivity contribution in [1.82, 2.24) is 5.32 Å². The Morgan fingerprint density at radius 2 is 2.05 bits per heavy atom. The summed E-state index contributed by atoms with van der Waals surface area (Å²) in [5.74, 6) is 0.495. The molecule has 1 amide bonds. The number of hydrogen-bond acceptors (Lipinski definition) is 3. The Balaban J connectivity index is 1.96. The zero-order valence-corrected chi connectivity index (χ0v) is 11.5. The van der Waals surface area contributed by atoms with Gasteiger partial charge in [0.1, 0.15) is 0 Å². The molecule has 4 heteroatoms. The minimum Gasteiger partial charge on any atom is -0.465 e. The monoisotopic (exact) mass is 260 g/mol. The van der Waals surface area contributed by atoms with Gasteiger partial charge in [-0.25, -0.2) is 4.99 Å². The molecule has 1 saturated carbocycles. The lowest BCUT2D eigenvalue weighted by molar-refractivity contribution is 0.0966. The van der Waals surface area contributed by atoms with E-state index in [0.29, 0.717) is 24.1 Å². The summed E-state index contributed by atoms with van der Waals surface area (Å²) in [6.07, 6.45) is 2.46. The fraction of sp³-hybridized carbons (Fsp3) is 0.467. The number of nitrogens with zero attached hydrogens (tertiary/aromatic N) is 1. The molecule has 1 aromatic carbocycles. The van der Waals surface area contributed by atoms with Crippen molar-refractivity contribution >= 4 is 11.9 Å². The molecule has 0 bridgehead atoms. The van der Waals surface area contributed by atoms with E-state index in [9.17, 15) is 4.79 Å². The molecule has 1 N–H and O–H groups in total. The molecular formula is C15H20N2O2. The standard InChI is InChI=1S/C15H20N2O2/c1-3-19-15(16-10-12-6-7-12)17-14(18)13-8-4-11(2)5-9-13/h4-5,8-9,12H,3,6-7,10H2,1-2H3,(H,16,17,18). The first-order chi connectivity index (χ1) is 9.19. The van der Waals surface area contributed by atoms with E-state index in [1.165, 1.54) is 12.8 Å². The topological polar surface area (TPSA) is 50.7 Å². The SMILES string of the molecule is CCOC(=NCC1CC1)NC(=O)c1ccc(C)cc1. The number of aliphatic imine (C=N–C) groups is 1. The van der Waals surface area contributed by atoms with E-state index < -0.39 is 0 Å². The minimum absolute atomic E-state index is 0.178. The number of benzene rings is 1. The highest BCUT2D eigenvalue weighted by Crippen LogP contribution is 2.28. The van der Waals surface area contributed by atoms with Crippen LogP contribution < -0.4 is 5.32 Å². The molecule has 0 radical (unpaired) electrons. The molecule has 19 heavy (non-hydrogen) atoms. The second-order valence-corrected chi connectivity index (χ2v) is 4.84. The van der Waals surface area contributed by atoms with Gasteiger partial charge in [0.25, 0.3) is 11.9 Å². The summed E-state index contributed by atoms with van der Waals surface area (Å²) < 4.78 is 5.35. The smallest absolute Gasteiger partial charge is 0.291 e. The van der Waals surface area contributed by atoms with Gasteiger partial charge in [0.05, 0.1) is 6.61 Å². The summed E-state index contributed by atoms with van der Waals surface area (Å²) in [5, 5.41) is 2.73. The molecule has 0 saturated heterocycles. The van der Waals surface area contributed by atoms with E-state index in [-0.39, 0.29) is 5.91 Å². The van der Waals surface area contributed by atoms with Gasteiger partial charge in [0, 0.05) is 12.1 Å². The molecule has 0 unspecified atom stereocenters. The van der Waals surface area contributed by atoms with Gasteiger partial charge in [0.2, 0.25) is 0 Å². The third kappa shape index (κ3) is 4.39. The van der Waals surface area contributed by atoms with Gasteiger partial charge in [-0.3, -0.25) is 10.1 Å². The predicted octanol–water partition coefficient (Wildman–Crippen LogP) is 2.53. The second kappa shape index (κ2) is 6.36. The molecule has 1 aliphatic rings. The first kappa shape index (κ1) is 13.6. The predicted molar refractivity (Wildman–Crippen MR) is 75.3 cm³/mol. The summed E-state index contributed by atoms with van der Waals surface area (Å²) in [7, 11) is 0. The van der Waals surface area contributed by atoms with Crippen molar-refractivity contribution in [3.05, 3.63) is 35.4 Å². The number of ether oxygens (including phenoxy) is 1.